The zero-order valence-electron chi connectivity index (χ0n) is 20.2. The number of aromatic amines is 1. The van der Waals surface area contributed by atoms with Crippen LogP contribution in [0.3, 0.4) is 0 Å². The van der Waals surface area contributed by atoms with E-state index in [0.717, 1.165) is 25.2 Å². The van der Waals surface area contributed by atoms with Gasteiger partial charge in [0, 0.05) is 54.4 Å². The van der Waals surface area contributed by atoms with E-state index in [1.165, 1.54) is 18.2 Å². The number of carbonyl (C=O) groups is 1. The number of alkyl halides is 3. The smallest absolute Gasteiger partial charge is 0.494 e. The standard InChI is InChI=1S/C27H25F3N4O4/c28-27(29,30)38-23-4-2-1-3-19(23)15-32-25(35)18-6-8-21-20(13-18)24(26(36)33-21)22-7-5-17(14-31-22)16-34-9-11-37-12-10-34/h1-8,13-14,33,36H,9-12,15-16H2,(H,32,35). The van der Waals surface area contributed by atoms with Crippen LogP contribution in [0.25, 0.3) is 22.2 Å². The minimum atomic E-state index is -4.84. The lowest BCUT2D eigenvalue weighted by molar-refractivity contribution is -0.274. The molecule has 1 aliphatic rings. The van der Waals surface area contributed by atoms with Gasteiger partial charge in [-0.05, 0) is 35.9 Å². The van der Waals surface area contributed by atoms with Crippen LogP contribution in [0.1, 0.15) is 21.5 Å². The van der Waals surface area contributed by atoms with Gasteiger partial charge in [-0.15, -0.1) is 13.2 Å². The summed E-state index contributed by atoms with van der Waals surface area (Å²) in [5.41, 5.74) is 3.09. The van der Waals surface area contributed by atoms with Crippen molar-refractivity contribution in [2.75, 3.05) is 26.3 Å². The molecular formula is C27H25F3N4O4. The second-order valence-electron chi connectivity index (χ2n) is 8.89. The van der Waals surface area contributed by atoms with Crippen molar-refractivity contribution in [3.8, 4) is 22.9 Å². The van der Waals surface area contributed by atoms with E-state index in [1.54, 1.807) is 30.5 Å². The number of aromatic hydroxyl groups is 1. The summed E-state index contributed by atoms with van der Waals surface area (Å²) in [5.74, 6) is -0.949. The van der Waals surface area contributed by atoms with Crippen molar-refractivity contribution >= 4 is 16.8 Å². The first-order valence-electron chi connectivity index (χ1n) is 12.0. The molecule has 11 heteroatoms. The third kappa shape index (κ3) is 5.90. The minimum absolute atomic E-state index is 0.0794. The van der Waals surface area contributed by atoms with E-state index in [1.807, 2.05) is 12.1 Å². The van der Waals surface area contributed by atoms with Gasteiger partial charge in [0.05, 0.1) is 24.5 Å². The molecule has 0 unspecified atom stereocenters. The van der Waals surface area contributed by atoms with Gasteiger partial charge in [0.15, 0.2) is 5.88 Å². The minimum Gasteiger partial charge on any atom is -0.494 e. The fraction of sp³-hybridized carbons (Fsp3) is 0.259. The van der Waals surface area contributed by atoms with Gasteiger partial charge in [-0.3, -0.25) is 14.7 Å². The number of halogens is 3. The second-order valence-corrected chi connectivity index (χ2v) is 8.89. The number of aromatic nitrogens is 2. The number of hydrogen-bond acceptors (Lipinski definition) is 6. The van der Waals surface area contributed by atoms with Gasteiger partial charge in [-0.1, -0.05) is 24.3 Å². The Morgan fingerprint density at radius 1 is 1.13 bits per heavy atom. The molecule has 0 radical (unpaired) electrons. The molecule has 0 atom stereocenters. The van der Waals surface area contributed by atoms with Crippen LogP contribution in [0.4, 0.5) is 13.2 Å². The zero-order chi connectivity index (χ0) is 26.7. The van der Waals surface area contributed by atoms with Crippen LogP contribution in [0.5, 0.6) is 11.6 Å². The van der Waals surface area contributed by atoms with E-state index in [-0.39, 0.29) is 29.3 Å². The van der Waals surface area contributed by atoms with Crippen molar-refractivity contribution in [3.05, 3.63) is 77.5 Å². The maximum absolute atomic E-state index is 12.9. The molecule has 0 bridgehead atoms. The summed E-state index contributed by atoms with van der Waals surface area (Å²) >= 11 is 0. The first-order valence-corrected chi connectivity index (χ1v) is 12.0. The second kappa shape index (κ2) is 10.7. The van der Waals surface area contributed by atoms with Crippen molar-refractivity contribution in [1.29, 1.82) is 0 Å². The number of nitrogens with one attached hydrogen (secondary N) is 2. The Balaban J connectivity index is 1.33. The SMILES string of the molecule is O=C(NCc1ccccc1OC(F)(F)F)c1ccc2[nH]c(O)c(-c3ccc(CN4CCOCC4)cn3)c2c1. The van der Waals surface area contributed by atoms with Crippen LogP contribution >= 0.6 is 0 Å². The fourth-order valence-corrected chi connectivity index (χ4v) is 4.41. The third-order valence-corrected chi connectivity index (χ3v) is 6.27. The van der Waals surface area contributed by atoms with Crippen LogP contribution < -0.4 is 10.1 Å². The lowest BCUT2D eigenvalue weighted by atomic mass is 10.1. The number of morpholine rings is 1. The first kappa shape index (κ1) is 25.6. The highest BCUT2D eigenvalue weighted by Crippen LogP contribution is 2.36. The highest BCUT2D eigenvalue weighted by molar-refractivity contribution is 6.03. The number of benzene rings is 2. The summed E-state index contributed by atoms with van der Waals surface area (Å²) in [4.78, 5) is 22.6. The molecule has 0 saturated carbocycles. The van der Waals surface area contributed by atoms with E-state index in [2.05, 4.69) is 24.9 Å². The number of pyridine rings is 1. The lowest BCUT2D eigenvalue weighted by Crippen LogP contribution is -2.35. The summed E-state index contributed by atoms with van der Waals surface area (Å²) < 4.78 is 47.5. The molecule has 1 saturated heterocycles. The van der Waals surface area contributed by atoms with Crippen molar-refractivity contribution in [2.24, 2.45) is 0 Å². The molecule has 8 nitrogen and oxygen atoms in total. The Morgan fingerprint density at radius 3 is 2.66 bits per heavy atom. The number of amides is 1. The largest absolute Gasteiger partial charge is 0.573 e. The molecule has 3 N–H and O–H groups in total. The molecule has 3 heterocycles. The summed E-state index contributed by atoms with van der Waals surface area (Å²) in [6, 6.07) is 14.2. The normalized spacial score (nSPS) is 14.5. The third-order valence-electron chi connectivity index (χ3n) is 6.27. The van der Waals surface area contributed by atoms with Gasteiger partial charge in [-0.25, -0.2) is 0 Å². The average Bonchev–Trinajstić information content (AvgIpc) is 3.23. The number of para-hydroxylation sites is 1. The number of ether oxygens (including phenoxy) is 2. The fourth-order valence-electron chi connectivity index (χ4n) is 4.41. The van der Waals surface area contributed by atoms with E-state index in [4.69, 9.17) is 4.74 Å². The maximum atomic E-state index is 12.9. The Hall–Kier alpha value is -4.09. The highest BCUT2D eigenvalue weighted by atomic mass is 19.4. The molecule has 0 spiro atoms. The summed E-state index contributed by atoms with van der Waals surface area (Å²) in [6.07, 6.45) is -3.08. The van der Waals surface area contributed by atoms with E-state index in [0.29, 0.717) is 35.4 Å². The molecule has 198 valence electrons. The Morgan fingerprint density at radius 2 is 1.92 bits per heavy atom. The highest BCUT2D eigenvalue weighted by Gasteiger charge is 2.32. The maximum Gasteiger partial charge on any atom is 0.573 e. The molecule has 1 amide bonds. The molecule has 1 fully saturated rings. The molecule has 0 aliphatic carbocycles. The number of fused-ring (bicyclic) bond motifs is 1. The van der Waals surface area contributed by atoms with Crippen molar-refractivity contribution in [1.82, 2.24) is 20.2 Å². The van der Waals surface area contributed by atoms with Gasteiger partial charge in [-0.2, -0.15) is 0 Å². The predicted molar refractivity (Wildman–Crippen MR) is 134 cm³/mol. The van der Waals surface area contributed by atoms with Crippen LogP contribution in [-0.2, 0) is 17.8 Å². The van der Waals surface area contributed by atoms with E-state index in [9.17, 15) is 23.1 Å². The van der Waals surface area contributed by atoms with Crippen LogP contribution in [-0.4, -0.2) is 58.5 Å². The summed E-state index contributed by atoms with van der Waals surface area (Å²) in [6.45, 7) is 3.71. The number of carbonyl (C=O) groups excluding carboxylic acids is 1. The van der Waals surface area contributed by atoms with Crippen LogP contribution in [0, 0.1) is 0 Å². The summed E-state index contributed by atoms with van der Waals surface area (Å²) in [5, 5.41) is 13.8. The monoisotopic (exact) mass is 526 g/mol. The van der Waals surface area contributed by atoms with Gasteiger partial charge >= 0.3 is 6.36 Å². The molecule has 2 aromatic heterocycles. The van der Waals surface area contributed by atoms with Crippen LogP contribution in [0.2, 0.25) is 0 Å². The van der Waals surface area contributed by atoms with Gasteiger partial charge in [0.25, 0.3) is 5.91 Å². The van der Waals surface area contributed by atoms with Gasteiger partial charge < -0.3 is 24.9 Å². The number of rotatable bonds is 7. The average molecular weight is 527 g/mol. The quantitative estimate of drug-likeness (QED) is 0.326. The number of H-pyrrole nitrogens is 1. The topological polar surface area (TPSA) is 99.7 Å². The predicted octanol–water partition coefficient (Wildman–Crippen LogP) is 4.60. The molecule has 38 heavy (non-hydrogen) atoms. The van der Waals surface area contributed by atoms with Crippen molar-refractivity contribution < 1.29 is 32.5 Å². The van der Waals surface area contributed by atoms with E-state index >= 15 is 0 Å². The Kier molecular flexibility index (Phi) is 7.21. The van der Waals surface area contributed by atoms with Crippen molar-refractivity contribution in [2.45, 2.75) is 19.5 Å². The summed E-state index contributed by atoms with van der Waals surface area (Å²) in [7, 11) is 0. The molecule has 1 aliphatic heterocycles. The molecule has 4 aromatic rings. The lowest BCUT2D eigenvalue weighted by Gasteiger charge is -2.26. The van der Waals surface area contributed by atoms with Crippen molar-refractivity contribution in [3.63, 3.8) is 0 Å². The van der Waals surface area contributed by atoms with Crippen LogP contribution in [0.15, 0.2) is 60.8 Å². The molecule has 5 rings (SSSR count). The number of hydrogen-bond donors (Lipinski definition) is 3. The van der Waals surface area contributed by atoms with Gasteiger partial charge in [0.2, 0.25) is 0 Å². The molecular weight excluding hydrogens is 501 g/mol. The molecule has 2 aromatic carbocycles. The zero-order valence-corrected chi connectivity index (χ0v) is 20.2. The Labute approximate surface area is 216 Å². The first-order chi connectivity index (χ1) is 18.3. The van der Waals surface area contributed by atoms with Gasteiger partial charge in [0.1, 0.15) is 5.75 Å². The Bertz CT molecular complexity index is 1430. The van der Waals surface area contributed by atoms with E-state index < -0.39 is 12.3 Å². The number of nitrogens with zero attached hydrogens (tertiary/aromatic N) is 2.